The Labute approximate surface area is 180 Å². The summed E-state index contributed by atoms with van der Waals surface area (Å²) in [5, 5.41) is 1.37. The van der Waals surface area contributed by atoms with Crippen LogP contribution in [0.25, 0.3) is 0 Å². The van der Waals surface area contributed by atoms with Crippen molar-refractivity contribution in [2.75, 3.05) is 18.2 Å². The standard InChI is InChI=1S/C23H36N2O5/c1-3-5-6-7-8-9-10-11-15-29-30-18-19-13-12-14-20(16-19)25-23(27)21(17-26)22(24-25)28-4-2/h12-14,16-17,21-22,24H,3-11,15,18H2,1-2H3. The van der Waals surface area contributed by atoms with Crippen molar-refractivity contribution in [1.29, 1.82) is 0 Å². The maximum Gasteiger partial charge on any atom is 0.255 e. The van der Waals surface area contributed by atoms with Gasteiger partial charge in [-0.25, -0.2) is 14.8 Å². The van der Waals surface area contributed by atoms with Crippen LogP contribution in [0.1, 0.15) is 70.8 Å². The summed E-state index contributed by atoms with van der Waals surface area (Å²) in [7, 11) is 0. The number of hydrazine groups is 1. The second kappa shape index (κ2) is 14.2. The fraction of sp³-hybridized carbons (Fsp3) is 0.652. The van der Waals surface area contributed by atoms with Crippen LogP contribution < -0.4 is 10.4 Å². The van der Waals surface area contributed by atoms with Gasteiger partial charge in [-0.1, -0.05) is 64.0 Å². The number of aldehydes is 1. The number of nitrogens with zero attached hydrogens (tertiary/aromatic N) is 1. The first-order valence-electron chi connectivity index (χ1n) is 11.2. The summed E-state index contributed by atoms with van der Waals surface area (Å²) >= 11 is 0. The van der Waals surface area contributed by atoms with Gasteiger partial charge in [0.2, 0.25) is 0 Å². The van der Waals surface area contributed by atoms with Crippen molar-refractivity contribution < 1.29 is 24.1 Å². The molecule has 0 aromatic heterocycles. The molecule has 30 heavy (non-hydrogen) atoms. The lowest BCUT2D eigenvalue weighted by atomic mass is 10.1. The van der Waals surface area contributed by atoms with Crippen LogP contribution in [0.4, 0.5) is 5.69 Å². The Morgan fingerprint density at radius 3 is 2.47 bits per heavy atom. The molecule has 1 saturated heterocycles. The normalized spacial score (nSPS) is 18.9. The molecule has 1 aliphatic rings. The van der Waals surface area contributed by atoms with Gasteiger partial charge in [0.1, 0.15) is 25.0 Å². The first-order chi connectivity index (χ1) is 14.7. The third-order valence-corrected chi connectivity index (χ3v) is 5.14. The first kappa shape index (κ1) is 24.5. The lowest BCUT2D eigenvalue weighted by Crippen LogP contribution is -2.38. The Hall–Kier alpha value is -1.80. The summed E-state index contributed by atoms with van der Waals surface area (Å²) < 4.78 is 5.45. The number of amides is 1. The molecule has 7 heteroatoms. The minimum Gasteiger partial charge on any atom is -0.361 e. The molecule has 2 rings (SSSR count). The molecule has 1 aromatic carbocycles. The number of ether oxygens (including phenoxy) is 1. The summed E-state index contributed by atoms with van der Waals surface area (Å²) in [6.07, 6.45) is 9.97. The van der Waals surface area contributed by atoms with Gasteiger partial charge in [0, 0.05) is 6.61 Å². The molecule has 0 saturated carbocycles. The van der Waals surface area contributed by atoms with E-state index in [1.165, 1.54) is 43.5 Å². The molecule has 1 amide bonds. The third-order valence-electron chi connectivity index (χ3n) is 5.14. The molecule has 1 heterocycles. The van der Waals surface area contributed by atoms with Gasteiger partial charge in [0.05, 0.1) is 12.3 Å². The number of nitrogens with one attached hydrogen (secondary N) is 1. The number of carbonyl (C=O) groups is 2. The zero-order valence-corrected chi connectivity index (χ0v) is 18.3. The number of anilines is 1. The quantitative estimate of drug-likeness (QED) is 0.141. The molecule has 1 fully saturated rings. The maximum atomic E-state index is 12.5. The minimum atomic E-state index is -0.847. The maximum absolute atomic E-state index is 12.5. The van der Waals surface area contributed by atoms with Crippen molar-refractivity contribution in [3.05, 3.63) is 29.8 Å². The Balaban J connectivity index is 1.68. The molecule has 1 N–H and O–H groups in total. The van der Waals surface area contributed by atoms with Gasteiger partial charge in [0.15, 0.2) is 0 Å². The monoisotopic (exact) mass is 420 g/mol. The second-order valence-electron chi connectivity index (χ2n) is 7.57. The molecule has 168 valence electrons. The number of unbranched alkanes of at least 4 members (excludes halogenated alkanes) is 7. The van der Waals surface area contributed by atoms with Gasteiger partial charge in [-0.05, 0) is 31.0 Å². The van der Waals surface area contributed by atoms with Crippen molar-refractivity contribution in [2.45, 2.75) is 78.0 Å². The van der Waals surface area contributed by atoms with E-state index >= 15 is 0 Å². The highest BCUT2D eigenvalue weighted by atomic mass is 17.2. The van der Waals surface area contributed by atoms with Gasteiger partial charge < -0.3 is 9.53 Å². The molecule has 0 spiro atoms. The molecule has 2 atom stereocenters. The van der Waals surface area contributed by atoms with E-state index in [1.807, 2.05) is 25.1 Å². The van der Waals surface area contributed by atoms with Crippen LogP contribution in [-0.2, 0) is 30.7 Å². The van der Waals surface area contributed by atoms with Crippen molar-refractivity contribution in [3.8, 4) is 0 Å². The molecule has 7 nitrogen and oxygen atoms in total. The number of hydrogen-bond donors (Lipinski definition) is 1. The van der Waals surface area contributed by atoms with Crippen LogP contribution in [0, 0.1) is 5.92 Å². The summed E-state index contributed by atoms with van der Waals surface area (Å²) in [6, 6.07) is 7.37. The summed E-state index contributed by atoms with van der Waals surface area (Å²) in [6.45, 7) is 5.34. The van der Waals surface area contributed by atoms with Crippen LogP contribution in [0.2, 0.25) is 0 Å². The van der Waals surface area contributed by atoms with Gasteiger partial charge in [0.25, 0.3) is 5.91 Å². The highest BCUT2D eigenvalue weighted by Gasteiger charge is 2.41. The van der Waals surface area contributed by atoms with E-state index in [1.54, 1.807) is 6.07 Å². The molecular weight excluding hydrogens is 384 g/mol. The largest absolute Gasteiger partial charge is 0.361 e. The van der Waals surface area contributed by atoms with E-state index in [2.05, 4.69) is 12.3 Å². The lowest BCUT2D eigenvalue weighted by Gasteiger charge is -2.18. The Morgan fingerprint density at radius 1 is 1.03 bits per heavy atom. The van der Waals surface area contributed by atoms with Crippen molar-refractivity contribution in [1.82, 2.24) is 5.43 Å². The van der Waals surface area contributed by atoms with Crippen LogP contribution in [0.3, 0.4) is 0 Å². The van der Waals surface area contributed by atoms with Crippen LogP contribution in [-0.4, -0.2) is 31.6 Å². The highest BCUT2D eigenvalue weighted by molar-refractivity contribution is 6.04. The van der Waals surface area contributed by atoms with E-state index in [-0.39, 0.29) is 5.91 Å². The molecule has 1 aliphatic heterocycles. The number of carbonyl (C=O) groups excluding carboxylic acids is 2. The van der Waals surface area contributed by atoms with E-state index < -0.39 is 12.1 Å². The zero-order chi connectivity index (χ0) is 21.6. The number of hydrogen-bond acceptors (Lipinski definition) is 6. The van der Waals surface area contributed by atoms with Gasteiger partial charge in [-0.15, -0.1) is 0 Å². The van der Waals surface area contributed by atoms with E-state index in [0.29, 0.717) is 31.8 Å². The lowest BCUT2D eigenvalue weighted by molar-refractivity contribution is -0.304. The zero-order valence-electron chi connectivity index (χ0n) is 18.3. The highest BCUT2D eigenvalue weighted by Crippen LogP contribution is 2.24. The van der Waals surface area contributed by atoms with Crippen LogP contribution in [0.5, 0.6) is 0 Å². The first-order valence-corrected chi connectivity index (χ1v) is 11.2. The molecule has 0 aliphatic carbocycles. The van der Waals surface area contributed by atoms with Crippen LogP contribution >= 0.6 is 0 Å². The van der Waals surface area contributed by atoms with E-state index in [9.17, 15) is 9.59 Å². The topological polar surface area (TPSA) is 77.1 Å². The predicted octanol–water partition coefficient (Wildman–Crippen LogP) is 4.30. The fourth-order valence-electron chi connectivity index (χ4n) is 3.45. The Morgan fingerprint density at radius 2 is 1.77 bits per heavy atom. The number of rotatable bonds is 16. The van der Waals surface area contributed by atoms with Gasteiger partial charge in [-0.2, -0.15) is 5.43 Å². The molecule has 1 aromatic rings. The molecular formula is C23H36N2O5. The third kappa shape index (κ3) is 7.80. The van der Waals surface area contributed by atoms with Gasteiger partial charge in [-0.3, -0.25) is 4.79 Å². The minimum absolute atomic E-state index is 0.291. The summed E-state index contributed by atoms with van der Waals surface area (Å²) in [4.78, 5) is 34.4. The van der Waals surface area contributed by atoms with Crippen LogP contribution in [0.15, 0.2) is 24.3 Å². The molecule has 0 radical (unpaired) electrons. The van der Waals surface area contributed by atoms with Crippen molar-refractivity contribution in [2.24, 2.45) is 5.92 Å². The van der Waals surface area contributed by atoms with E-state index in [4.69, 9.17) is 14.5 Å². The van der Waals surface area contributed by atoms with Crippen molar-refractivity contribution in [3.63, 3.8) is 0 Å². The molecule has 2 unspecified atom stereocenters. The van der Waals surface area contributed by atoms with E-state index in [0.717, 1.165) is 18.4 Å². The molecule has 0 bridgehead atoms. The Bertz CT molecular complexity index is 640. The van der Waals surface area contributed by atoms with Crippen molar-refractivity contribution >= 4 is 17.9 Å². The smallest absolute Gasteiger partial charge is 0.255 e. The summed E-state index contributed by atoms with van der Waals surface area (Å²) in [5.41, 5.74) is 4.47. The predicted molar refractivity (Wildman–Crippen MR) is 115 cm³/mol. The SMILES string of the molecule is CCCCCCCCCCOOCc1cccc(N2NC(OCC)C(C=O)C2=O)c1. The Kier molecular flexibility index (Phi) is 11.6. The number of benzene rings is 1. The summed E-state index contributed by atoms with van der Waals surface area (Å²) in [5.74, 6) is -1.17. The fourth-order valence-corrected chi connectivity index (χ4v) is 3.45. The second-order valence-corrected chi connectivity index (χ2v) is 7.57. The average Bonchev–Trinajstić information content (AvgIpc) is 3.07. The van der Waals surface area contributed by atoms with Gasteiger partial charge >= 0.3 is 0 Å². The average molecular weight is 421 g/mol.